The molecule has 0 saturated heterocycles. The summed E-state index contributed by atoms with van der Waals surface area (Å²) >= 11 is 1.84. The molecule has 0 fully saturated rings. The van der Waals surface area contributed by atoms with Crippen molar-refractivity contribution < 1.29 is 0 Å². The van der Waals surface area contributed by atoms with E-state index in [2.05, 4.69) is 35.4 Å². The van der Waals surface area contributed by atoms with Crippen LogP contribution in [0, 0.1) is 0 Å². The molecule has 0 saturated carbocycles. The van der Waals surface area contributed by atoms with E-state index in [0.717, 1.165) is 23.4 Å². The lowest BCUT2D eigenvalue weighted by molar-refractivity contribution is 0.751. The molecule has 5 heteroatoms. The molecule has 17 heavy (non-hydrogen) atoms. The second-order valence-electron chi connectivity index (χ2n) is 4.70. The van der Waals surface area contributed by atoms with Gasteiger partial charge in [-0.2, -0.15) is 11.8 Å². The van der Waals surface area contributed by atoms with E-state index in [1.54, 1.807) is 0 Å². The van der Waals surface area contributed by atoms with Crippen molar-refractivity contribution in [3.63, 3.8) is 0 Å². The Kier molecular flexibility index (Phi) is 3.28. The molecule has 0 atom stereocenters. The van der Waals surface area contributed by atoms with Crippen LogP contribution in [0.3, 0.4) is 0 Å². The fourth-order valence-electron chi connectivity index (χ4n) is 1.56. The number of fused-ring (bicyclic) bond motifs is 1. The molecule has 2 heterocycles. The summed E-state index contributed by atoms with van der Waals surface area (Å²) in [6.45, 7) is 5.29. The molecule has 92 valence electrons. The number of rotatable bonds is 4. The number of hydrogen-bond donors (Lipinski definition) is 1. The van der Waals surface area contributed by atoms with Gasteiger partial charge in [0.05, 0.1) is 11.8 Å². The Morgan fingerprint density at radius 2 is 2.18 bits per heavy atom. The minimum Gasteiger partial charge on any atom is -0.367 e. The van der Waals surface area contributed by atoms with E-state index in [-0.39, 0.29) is 4.75 Å². The summed E-state index contributed by atoms with van der Waals surface area (Å²) in [6, 6.07) is 1.98. The van der Waals surface area contributed by atoms with E-state index < -0.39 is 0 Å². The van der Waals surface area contributed by atoms with Crippen LogP contribution in [0.25, 0.3) is 11.0 Å². The fourth-order valence-corrected chi connectivity index (χ4v) is 1.78. The van der Waals surface area contributed by atoms with Crippen molar-refractivity contribution in [2.45, 2.75) is 18.6 Å². The van der Waals surface area contributed by atoms with Gasteiger partial charge in [0.1, 0.15) is 5.52 Å². The Labute approximate surface area is 106 Å². The second kappa shape index (κ2) is 4.56. The summed E-state index contributed by atoms with van der Waals surface area (Å²) in [7, 11) is 1.99. The van der Waals surface area contributed by atoms with Crippen molar-refractivity contribution in [3.05, 3.63) is 18.6 Å². The van der Waals surface area contributed by atoms with E-state index in [9.17, 15) is 0 Å². The van der Waals surface area contributed by atoms with Crippen LogP contribution >= 0.6 is 11.8 Å². The first-order valence-corrected chi connectivity index (χ1v) is 6.81. The van der Waals surface area contributed by atoms with E-state index in [0.29, 0.717) is 0 Å². The molecule has 0 aliphatic heterocycles. The lowest BCUT2D eigenvalue weighted by Crippen LogP contribution is -2.26. The average molecular weight is 250 g/mol. The molecule has 0 radical (unpaired) electrons. The minimum absolute atomic E-state index is 0.193. The van der Waals surface area contributed by atoms with Crippen molar-refractivity contribution in [2.75, 3.05) is 18.1 Å². The Morgan fingerprint density at radius 1 is 1.41 bits per heavy atom. The smallest absolute Gasteiger partial charge is 0.154 e. The Balaban J connectivity index is 2.25. The molecule has 0 aromatic carbocycles. The maximum absolute atomic E-state index is 4.38. The van der Waals surface area contributed by atoms with Crippen LogP contribution < -0.4 is 5.32 Å². The Bertz CT molecular complexity index is 518. The first-order chi connectivity index (χ1) is 8.03. The van der Waals surface area contributed by atoms with Crippen LogP contribution in [0.2, 0.25) is 0 Å². The number of imidazole rings is 1. The molecule has 2 aromatic rings. The molecule has 4 nitrogen and oxygen atoms in total. The molecule has 0 bridgehead atoms. The zero-order valence-electron chi connectivity index (χ0n) is 10.7. The summed E-state index contributed by atoms with van der Waals surface area (Å²) in [5.41, 5.74) is 2.04. The number of thioether (sulfide) groups is 1. The van der Waals surface area contributed by atoms with Crippen molar-refractivity contribution in [3.8, 4) is 0 Å². The number of pyridine rings is 1. The highest BCUT2D eigenvalue weighted by Gasteiger charge is 2.16. The lowest BCUT2D eigenvalue weighted by Gasteiger charge is -2.22. The van der Waals surface area contributed by atoms with Gasteiger partial charge in [-0.1, -0.05) is 0 Å². The maximum Gasteiger partial charge on any atom is 0.154 e. The molecular weight excluding hydrogens is 232 g/mol. The highest BCUT2D eigenvalue weighted by atomic mass is 32.2. The minimum atomic E-state index is 0.193. The van der Waals surface area contributed by atoms with Gasteiger partial charge in [-0.05, 0) is 26.2 Å². The maximum atomic E-state index is 4.38. The van der Waals surface area contributed by atoms with Gasteiger partial charge in [-0.25, -0.2) is 9.97 Å². The number of nitrogens with one attached hydrogen (secondary N) is 1. The third-order valence-corrected chi connectivity index (χ3v) is 4.13. The first kappa shape index (κ1) is 12.2. The van der Waals surface area contributed by atoms with Gasteiger partial charge in [-0.3, -0.25) is 0 Å². The molecule has 0 spiro atoms. The Hall–Kier alpha value is -1.23. The number of aromatic nitrogens is 3. The summed E-state index contributed by atoms with van der Waals surface area (Å²) in [6.07, 6.45) is 5.76. The third-order valence-electron chi connectivity index (χ3n) is 2.88. The molecule has 0 amide bonds. The summed E-state index contributed by atoms with van der Waals surface area (Å²) in [5.74, 6) is 0.866. The van der Waals surface area contributed by atoms with E-state index in [4.69, 9.17) is 0 Å². The largest absolute Gasteiger partial charge is 0.367 e. The highest BCUT2D eigenvalue weighted by Crippen LogP contribution is 2.23. The zero-order valence-corrected chi connectivity index (χ0v) is 11.5. The third kappa shape index (κ3) is 2.54. The van der Waals surface area contributed by atoms with Crippen LogP contribution in [0.1, 0.15) is 13.8 Å². The summed E-state index contributed by atoms with van der Waals surface area (Å²) in [5, 5.41) is 3.38. The predicted octanol–water partition coefficient (Wildman–Crippen LogP) is 2.52. The number of anilines is 1. The molecule has 0 unspecified atom stereocenters. The predicted molar refractivity (Wildman–Crippen MR) is 74.6 cm³/mol. The summed E-state index contributed by atoms with van der Waals surface area (Å²) in [4.78, 5) is 8.74. The molecule has 1 N–H and O–H groups in total. The average Bonchev–Trinajstić information content (AvgIpc) is 2.70. The monoisotopic (exact) mass is 250 g/mol. The first-order valence-electron chi connectivity index (χ1n) is 5.58. The van der Waals surface area contributed by atoms with E-state index >= 15 is 0 Å². The second-order valence-corrected chi connectivity index (χ2v) is 6.21. The van der Waals surface area contributed by atoms with Crippen LogP contribution in [0.5, 0.6) is 0 Å². The Morgan fingerprint density at radius 3 is 2.88 bits per heavy atom. The molecule has 2 rings (SSSR count). The quantitative estimate of drug-likeness (QED) is 0.905. The number of nitrogens with zero attached hydrogens (tertiary/aromatic N) is 3. The highest BCUT2D eigenvalue weighted by molar-refractivity contribution is 7.99. The van der Waals surface area contributed by atoms with Gasteiger partial charge in [0.2, 0.25) is 0 Å². The van der Waals surface area contributed by atoms with Crippen LogP contribution in [-0.4, -0.2) is 32.1 Å². The molecule has 0 aliphatic rings. The van der Waals surface area contributed by atoms with Crippen LogP contribution in [0.4, 0.5) is 5.82 Å². The normalized spacial score (nSPS) is 12.0. The SMILES string of the molecule is CSC(C)(C)CNc1nccc2c1ncn2C. The van der Waals surface area contributed by atoms with Crippen molar-refractivity contribution in [1.29, 1.82) is 0 Å². The van der Waals surface area contributed by atoms with Gasteiger partial charge in [0, 0.05) is 24.5 Å². The molecule has 2 aromatic heterocycles. The zero-order chi connectivity index (χ0) is 12.5. The topological polar surface area (TPSA) is 42.7 Å². The van der Waals surface area contributed by atoms with Gasteiger partial charge in [-0.15, -0.1) is 0 Å². The van der Waals surface area contributed by atoms with Crippen LogP contribution in [0.15, 0.2) is 18.6 Å². The van der Waals surface area contributed by atoms with Gasteiger partial charge in [0.15, 0.2) is 5.82 Å². The van der Waals surface area contributed by atoms with Gasteiger partial charge < -0.3 is 9.88 Å². The van der Waals surface area contributed by atoms with Gasteiger partial charge in [0.25, 0.3) is 0 Å². The molecular formula is C12H18N4S. The standard InChI is InChI=1S/C12H18N4S/c1-12(2,17-4)7-14-11-10-9(5-6-13-11)16(3)8-15-10/h5-6,8H,7H2,1-4H3,(H,13,14). The lowest BCUT2D eigenvalue weighted by atomic mass is 10.2. The van der Waals surface area contributed by atoms with Gasteiger partial charge >= 0.3 is 0 Å². The fraction of sp³-hybridized carbons (Fsp3) is 0.500. The summed E-state index contributed by atoms with van der Waals surface area (Å²) < 4.78 is 2.19. The number of aryl methyl sites for hydroxylation is 1. The van der Waals surface area contributed by atoms with Crippen LogP contribution in [-0.2, 0) is 7.05 Å². The van der Waals surface area contributed by atoms with Crippen molar-refractivity contribution >= 4 is 28.6 Å². The van der Waals surface area contributed by atoms with E-state index in [1.807, 2.05) is 42.0 Å². The number of hydrogen-bond acceptors (Lipinski definition) is 4. The van der Waals surface area contributed by atoms with Crippen molar-refractivity contribution in [1.82, 2.24) is 14.5 Å². The van der Waals surface area contributed by atoms with Crippen molar-refractivity contribution in [2.24, 2.45) is 7.05 Å². The van der Waals surface area contributed by atoms with E-state index in [1.165, 1.54) is 0 Å². The molecule has 0 aliphatic carbocycles.